The number of amides is 2. The van der Waals surface area contributed by atoms with E-state index in [0.29, 0.717) is 11.3 Å². The zero-order chi connectivity index (χ0) is 41.5. The molecule has 0 aliphatic carbocycles. The number of anilines is 1. The third-order valence-electron chi connectivity index (χ3n) is 7.72. The number of aromatic nitrogens is 4. The van der Waals surface area contributed by atoms with Crippen LogP contribution in [0.25, 0.3) is 11.2 Å². The molecule has 0 spiro atoms. The molecule has 1 aromatic carbocycles. The van der Waals surface area contributed by atoms with E-state index in [2.05, 4.69) is 43.5 Å². The molecule has 7 N–H and O–H groups in total. The number of thioether (sulfide) groups is 1. The van der Waals surface area contributed by atoms with Crippen molar-refractivity contribution in [1.29, 1.82) is 0 Å². The number of phosphoric ester groups is 3. The van der Waals surface area contributed by atoms with Crippen molar-refractivity contribution in [3.63, 3.8) is 0 Å². The first kappa shape index (κ1) is 49.1. The number of hydrogen-bond donors (Lipinski definition) is 6. The summed E-state index contributed by atoms with van der Waals surface area (Å²) in [5.74, 6) is -1.26. The number of fused-ring (bicyclic) bond motifs is 1. The Labute approximate surface area is 350 Å². The summed E-state index contributed by atoms with van der Waals surface area (Å²) in [6.45, 7) is 0.0993. The van der Waals surface area contributed by atoms with Crippen molar-refractivity contribution < 1.29 is 110 Å². The molecule has 0 radical (unpaired) electrons. The molecule has 1 saturated heterocycles. The molecule has 1 aliphatic heterocycles. The van der Waals surface area contributed by atoms with Crippen LogP contribution >= 0.6 is 35.2 Å². The predicted molar refractivity (Wildman–Crippen MR) is 186 cm³/mol. The number of ether oxygens (including phenoxy) is 1. The molecule has 1 aliphatic rings. The fraction of sp³-hybridized carbons (Fsp3) is 0.500. The second kappa shape index (κ2) is 20.8. The largest absolute Gasteiger partial charge is 1.00 e. The Hall–Kier alpha value is -2.22. The predicted octanol–water partition coefficient (Wildman–Crippen LogP) is -4.91. The van der Waals surface area contributed by atoms with Gasteiger partial charge in [-0.1, -0.05) is 55.9 Å². The summed E-state index contributed by atoms with van der Waals surface area (Å²) in [5.41, 5.74) is 4.62. The van der Waals surface area contributed by atoms with Gasteiger partial charge in [0.25, 0.3) is 23.5 Å². The van der Waals surface area contributed by atoms with Gasteiger partial charge in [0.2, 0.25) is 16.9 Å². The number of imidazole rings is 1. The molecule has 8 unspecified atom stereocenters. The number of carbonyl (C=O) groups excluding carboxylic acids is 3. The molecule has 0 bridgehead atoms. The normalized spacial score (nSPS) is 22.0. The van der Waals surface area contributed by atoms with Crippen molar-refractivity contribution in [3.05, 3.63) is 48.5 Å². The van der Waals surface area contributed by atoms with E-state index in [1.807, 2.05) is 0 Å². The Morgan fingerprint density at radius 1 is 1.05 bits per heavy atom. The number of rotatable bonds is 20. The van der Waals surface area contributed by atoms with Crippen molar-refractivity contribution >= 4 is 69.1 Å². The second-order valence-electron chi connectivity index (χ2n) is 12.5. The molecule has 29 heteroatoms. The number of nitrogens with one attached hydrogen (secondary N) is 2. The van der Waals surface area contributed by atoms with E-state index in [4.69, 9.17) is 10.5 Å². The maximum atomic E-state index is 12.5. The Bertz CT molecular complexity index is 2010. The molecule has 8 atom stereocenters. The molecule has 2 amide bonds. The molecule has 3 heterocycles. The van der Waals surface area contributed by atoms with E-state index in [-0.39, 0.29) is 71.2 Å². The van der Waals surface area contributed by atoms with E-state index in [1.54, 1.807) is 30.3 Å². The molecule has 3 aromatic rings. The topological polar surface area (TPSA) is 372 Å². The van der Waals surface area contributed by atoms with Crippen molar-refractivity contribution in [2.45, 2.75) is 50.9 Å². The fourth-order valence-electron chi connectivity index (χ4n) is 4.91. The Morgan fingerprint density at radius 2 is 1.72 bits per heavy atom. The van der Waals surface area contributed by atoms with Crippen LogP contribution in [0.2, 0.25) is 0 Å². The summed E-state index contributed by atoms with van der Waals surface area (Å²) in [4.78, 5) is 94.2. The van der Waals surface area contributed by atoms with Gasteiger partial charge >= 0.3 is 29.6 Å². The number of aliphatic hydroxyl groups is 2. The average molecular weight is 892 g/mol. The number of nitrogens with two attached hydrogens (primary N) is 1. The van der Waals surface area contributed by atoms with Crippen LogP contribution in [-0.4, -0.2) is 108 Å². The number of aliphatic hydroxyl groups excluding tert-OH is 2. The molecular formula is C28H37N7NaO17P3S-2. The van der Waals surface area contributed by atoms with Gasteiger partial charge in [0.05, 0.1) is 19.5 Å². The molecular weight excluding hydrogens is 854 g/mol. The first-order chi connectivity index (χ1) is 26.1. The van der Waals surface area contributed by atoms with Crippen molar-refractivity contribution in [2.24, 2.45) is 5.41 Å². The Morgan fingerprint density at radius 3 is 2.39 bits per heavy atom. The van der Waals surface area contributed by atoms with Gasteiger partial charge in [-0.05, 0) is 0 Å². The van der Waals surface area contributed by atoms with E-state index in [0.717, 1.165) is 29.0 Å². The maximum Gasteiger partial charge on any atom is 1.00 e. The number of phosphoric acid groups is 3. The quantitative estimate of drug-likeness (QED) is 0.0352. The van der Waals surface area contributed by atoms with E-state index in [1.165, 1.54) is 13.8 Å². The Balaban J connectivity index is 0.00000870. The van der Waals surface area contributed by atoms with Crippen LogP contribution in [0.15, 0.2) is 43.0 Å². The number of nitrogens with zero attached hydrogens (tertiary/aromatic N) is 4. The molecule has 2 aromatic heterocycles. The van der Waals surface area contributed by atoms with Gasteiger partial charge in [0, 0.05) is 36.2 Å². The van der Waals surface area contributed by atoms with Crippen molar-refractivity contribution in [3.8, 4) is 0 Å². The van der Waals surface area contributed by atoms with E-state index >= 15 is 0 Å². The van der Waals surface area contributed by atoms with Crippen molar-refractivity contribution in [2.75, 3.05) is 37.8 Å². The third-order valence-corrected chi connectivity index (χ3v) is 11.7. The minimum Gasteiger partial charge on any atom is -0.756 e. The molecule has 310 valence electrons. The summed E-state index contributed by atoms with van der Waals surface area (Å²) in [6, 6.07) is 8.55. The van der Waals surface area contributed by atoms with Gasteiger partial charge in [-0.25, -0.2) is 19.3 Å². The third kappa shape index (κ3) is 14.5. The Kier molecular flexibility index (Phi) is 18.0. The SMILES string of the molecule is CC(C)(COP(=O)([O-])OP(=O)([O-])OCC1OC(n2cnc3c(N)ncnc32)C(O)C1OP(=O)([O-])O)C(O)C(=O)NCCC(=O)NCCSC(=O)c1ccccc1.[Na+]. The van der Waals surface area contributed by atoms with Gasteiger partial charge in [-0.3, -0.25) is 32.6 Å². The average Bonchev–Trinajstić information content (AvgIpc) is 3.68. The number of carbonyl (C=O) groups is 3. The summed E-state index contributed by atoms with van der Waals surface area (Å²) in [5, 5.41) is 26.1. The standard InChI is InChI=1S/C28H40N7O17P3S.Na/c1-28(2,22(38)25(39)31-9-8-18(36)30-10-11-56-27(40)16-6-4-3-5-7-16)13-49-55(46,47)52-54(44,45)48-12-17-21(51-53(41,42)43)20(37)26(50-17)35-15-34-19-23(29)32-14-33-24(19)35;/h3-7,14-15,17,20-22,26,37-38H,8-13H2,1-2H3,(H,30,36)(H,31,39)(H,44,45)(H,46,47)(H2,29,32,33)(H2,41,42,43);/q;+1/p-3. The maximum absolute atomic E-state index is 12.5. The summed E-state index contributed by atoms with van der Waals surface area (Å²) < 4.78 is 60.8. The van der Waals surface area contributed by atoms with Crippen LogP contribution in [0.3, 0.4) is 0 Å². The van der Waals surface area contributed by atoms with Gasteiger partial charge in [0.1, 0.15) is 36.3 Å². The summed E-state index contributed by atoms with van der Waals surface area (Å²) >= 11 is 1.01. The summed E-state index contributed by atoms with van der Waals surface area (Å²) in [6.07, 6.45) is -7.41. The second-order valence-corrected chi connectivity index (χ2v) is 17.7. The minimum atomic E-state index is -5.90. The van der Waals surface area contributed by atoms with Crippen LogP contribution in [0.4, 0.5) is 5.82 Å². The number of hydrogen-bond acceptors (Lipinski definition) is 21. The molecule has 24 nitrogen and oxygen atoms in total. The molecule has 57 heavy (non-hydrogen) atoms. The first-order valence-electron chi connectivity index (χ1n) is 16.1. The molecule has 0 saturated carbocycles. The first-order valence-corrected chi connectivity index (χ1v) is 21.6. The minimum absolute atomic E-state index is 0. The zero-order valence-corrected chi connectivity index (χ0v) is 35.8. The van der Waals surface area contributed by atoms with Crippen LogP contribution in [0, 0.1) is 5.41 Å². The smallest absolute Gasteiger partial charge is 0.756 e. The van der Waals surface area contributed by atoms with Crippen molar-refractivity contribution in [1.82, 2.24) is 30.2 Å². The fourth-order valence-corrected chi connectivity index (χ4v) is 8.35. The van der Waals surface area contributed by atoms with E-state index in [9.17, 15) is 57.9 Å². The van der Waals surface area contributed by atoms with Gasteiger partial charge in [0.15, 0.2) is 17.7 Å². The van der Waals surface area contributed by atoms with Gasteiger partial charge < -0.3 is 64.5 Å². The molecule has 4 rings (SSSR count). The van der Waals surface area contributed by atoms with Crippen LogP contribution < -0.4 is 60.6 Å². The van der Waals surface area contributed by atoms with E-state index < -0.39 is 84.6 Å². The number of benzene rings is 1. The number of nitrogen functional groups attached to an aromatic ring is 1. The zero-order valence-electron chi connectivity index (χ0n) is 30.3. The van der Waals surface area contributed by atoms with Crippen LogP contribution in [-0.2, 0) is 45.9 Å². The van der Waals surface area contributed by atoms with Crippen LogP contribution in [0.5, 0.6) is 0 Å². The van der Waals surface area contributed by atoms with Crippen LogP contribution in [0.1, 0.15) is 36.9 Å². The van der Waals surface area contributed by atoms with Gasteiger partial charge in [-0.15, -0.1) is 0 Å². The summed E-state index contributed by atoms with van der Waals surface area (Å²) in [7, 11) is -17.3. The molecule has 1 fully saturated rings. The monoisotopic (exact) mass is 891 g/mol. The van der Waals surface area contributed by atoms with Gasteiger partial charge in [-0.2, -0.15) is 0 Å².